The molecule has 2 unspecified atom stereocenters. The van der Waals surface area contributed by atoms with E-state index >= 15 is 0 Å². The highest BCUT2D eigenvalue weighted by Crippen LogP contribution is 2.26. The quantitative estimate of drug-likeness (QED) is 0.890. The summed E-state index contributed by atoms with van der Waals surface area (Å²) >= 11 is 0. The summed E-state index contributed by atoms with van der Waals surface area (Å²) < 4.78 is 13.0. The van der Waals surface area contributed by atoms with Gasteiger partial charge >= 0.3 is 5.97 Å². The molecular formula is C14H16FNO3. The third kappa shape index (κ3) is 2.45. The van der Waals surface area contributed by atoms with Crippen LogP contribution in [-0.4, -0.2) is 34.5 Å². The maximum Gasteiger partial charge on any atom is 0.326 e. The fraction of sp³-hybridized carbons (Fsp3) is 0.429. The highest BCUT2D eigenvalue weighted by Gasteiger charge is 2.39. The molecule has 1 aliphatic rings. The molecule has 0 bridgehead atoms. The maximum absolute atomic E-state index is 13.0. The monoisotopic (exact) mass is 265 g/mol. The van der Waals surface area contributed by atoms with Gasteiger partial charge in [-0.05, 0) is 43.0 Å². The van der Waals surface area contributed by atoms with Crippen molar-refractivity contribution in [1.82, 2.24) is 4.90 Å². The van der Waals surface area contributed by atoms with E-state index in [0.717, 1.165) is 0 Å². The zero-order chi connectivity index (χ0) is 14.2. The van der Waals surface area contributed by atoms with Crippen molar-refractivity contribution in [2.45, 2.75) is 26.3 Å². The number of likely N-dealkylation sites (tertiary alicyclic amines) is 1. The highest BCUT2D eigenvalue weighted by molar-refractivity contribution is 5.98. The van der Waals surface area contributed by atoms with E-state index in [1.807, 2.05) is 6.92 Å². The van der Waals surface area contributed by atoms with Gasteiger partial charge in [-0.25, -0.2) is 9.18 Å². The minimum atomic E-state index is -0.988. The van der Waals surface area contributed by atoms with Gasteiger partial charge in [0.15, 0.2) is 0 Å². The Morgan fingerprint density at radius 1 is 1.42 bits per heavy atom. The summed E-state index contributed by atoms with van der Waals surface area (Å²) in [7, 11) is 0. The van der Waals surface area contributed by atoms with Gasteiger partial charge in [-0.2, -0.15) is 0 Å². The Hall–Kier alpha value is -1.91. The maximum atomic E-state index is 13.0. The molecule has 2 atom stereocenters. The first-order valence-corrected chi connectivity index (χ1v) is 6.21. The van der Waals surface area contributed by atoms with Crippen LogP contribution in [0.15, 0.2) is 18.2 Å². The Morgan fingerprint density at radius 3 is 2.68 bits per heavy atom. The zero-order valence-electron chi connectivity index (χ0n) is 10.9. The van der Waals surface area contributed by atoms with E-state index in [2.05, 4.69) is 0 Å². The Bertz CT molecular complexity index is 529. The number of hydrogen-bond donors (Lipinski definition) is 1. The zero-order valence-corrected chi connectivity index (χ0v) is 10.9. The fourth-order valence-electron chi connectivity index (χ4n) is 2.57. The molecule has 5 heteroatoms. The Morgan fingerprint density at radius 2 is 2.11 bits per heavy atom. The Labute approximate surface area is 110 Å². The molecule has 1 aromatic carbocycles. The van der Waals surface area contributed by atoms with Crippen LogP contribution < -0.4 is 0 Å². The smallest absolute Gasteiger partial charge is 0.326 e. The lowest BCUT2D eigenvalue weighted by molar-refractivity contribution is -0.142. The number of aliphatic carboxylic acids is 1. The van der Waals surface area contributed by atoms with Crippen LogP contribution in [-0.2, 0) is 4.79 Å². The van der Waals surface area contributed by atoms with E-state index in [4.69, 9.17) is 0 Å². The second-order valence-electron chi connectivity index (χ2n) is 5.01. The van der Waals surface area contributed by atoms with Crippen LogP contribution in [0.4, 0.5) is 4.39 Å². The molecule has 1 fully saturated rings. The second kappa shape index (κ2) is 4.99. The van der Waals surface area contributed by atoms with Crippen LogP contribution in [0.2, 0.25) is 0 Å². The normalized spacial score (nSPS) is 22.6. The van der Waals surface area contributed by atoms with Crippen LogP contribution in [0.1, 0.15) is 29.3 Å². The number of halogens is 1. The first-order chi connectivity index (χ1) is 8.91. The number of carbonyl (C=O) groups is 2. The van der Waals surface area contributed by atoms with Crippen molar-refractivity contribution in [2.24, 2.45) is 5.92 Å². The molecule has 102 valence electrons. The van der Waals surface area contributed by atoms with Crippen LogP contribution in [0.5, 0.6) is 0 Å². The summed E-state index contributed by atoms with van der Waals surface area (Å²) in [6, 6.07) is 3.12. The largest absolute Gasteiger partial charge is 0.480 e. The lowest BCUT2D eigenvalue weighted by Crippen LogP contribution is -2.43. The molecule has 0 aliphatic carbocycles. The highest BCUT2D eigenvalue weighted by atomic mass is 19.1. The first-order valence-electron chi connectivity index (χ1n) is 6.21. The van der Waals surface area contributed by atoms with E-state index in [1.165, 1.54) is 23.1 Å². The topological polar surface area (TPSA) is 57.6 Å². The van der Waals surface area contributed by atoms with Gasteiger partial charge in [-0.3, -0.25) is 4.79 Å². The molecule has 1 N–H and O–H groups in total. The van der Waals surface area contributed by atoms with E-state index in [9.17, 15) is 19.1 Å². The minimum absolute atomic E-state index is 0.0674. The van der Waals surface area contributed by atoms with Crippen molar-refractivity contribution in [3.63, 3.8) is 0 Å². The summed E-state index contributed by atoms with van der Waals surface area (Å²) in [5.41, 5.74) is 0.885. The van der Waals surface area contributed by atoms with Gasteiger partial charge in [-0.1, -0.05) is 6.92 Å². The van der Waals surface area contributed by atoms with E-state index in [-0.39, 0.29) is 11.8 Å². The molecule has 2 rings (SSSR count). The van der Waals surface area contributed by atoms with Gasteiger partial charge < -0.3 is 10.0 Å². The molecule has 1 amide bonds. The summed E-state index contributed by atoms with van der Waals surface area (Å²) in [4.78, 5) is 25.0. The third-order valence-electron chi connectivity index (χ3n) is 3.63. The number of nitrogens with zero attached hydrogens (tertiary/aromatic N) is 1. The molecule has 0 aromatic heterocycles. The van der Waals surface area contributed by atoms with Gasteiger partial charge in [0, 0.05) is 12.1 Å². The average molecular weight is 265 g/mol. The number of benzene rings is 1. The average Bonchev–Trinajstić information content (AvgIpc) is 2.70. The van der Waals surface area contributed by atoms with Crippen molar-refractivity contribution >= 4 is 11.9 Å². The lowest BCUT2D eigenvalue weighted by atomic mass is 10.0. The standard InChI is InChI=1S/C14H16FNO3/c1-8-5-6-16(12(8)14(18)19)13(17)11-4-3-10(15)7-9(11)2/h3-4,7-8,12H,5-6H2,1-2H3,(H,18,19). The van der Waals surface area contributed by atoms with Crippen molar-refractivity contribution < 1.29 is 19.1 Å². The summed E-state index contributed by atoms with van der Waals surface area (Å²) in [5.74, 6) is -1.80. The van der Waals surface area contributed by atoms with Crippen molar-refractivity contribution in [2.75, 3.05) is 6.54 Å². The van der Waals surface area contributed by atoms with Gasteiger partial charge in [0.2, 0.25) is 0 Å². The molecule has 0 spiro atoms. The number of rotatable bonds is 2. The molecule has 1 heterocycles. The van der Waals surface area contributed by atoms with Crippen LogP contribution >= 0.6 is 0 Å². The SMILES string of the molecule is Cc1cc(F)ccc1C(=O)N1CCC(C)C1C(=O)O. The molecule has 1 aromatic rings. The lowest BCUT2D eigenvalue weighted by Gasteiger charge is -2.24. The fourth-order valence-corrected chi connectivity index (χ4v) is 2.57. The second-order valence-corrected chi connectivity index (χ2v) is 5.01. The van der Waals surface area contributed by atoms with Crippen molar-refractivity contribution in [3.8, 4) is 0 Å². The molecule has 0 radical (unpaired) electrons. The van der Waals surface area contributed by atoms with E-state index in [0.29, 0.717) is 24.1 Å². The molecule has 19 heavy (non-hydrogen) atoms. The van der Waals surface area contributed by atoms with E-state index < -0.39 is 17.8 Å². The molecule has 0 saturated carbocycles. The number of aryl methyl sites for hydroxylation is 1. The summed E-state index contributed by atoms with van der Waals surface area (Å²) in [6.45, 7) is 3.89. The predicted molar refractivity (Wildman–Crippen MR) is 67.4 cm³/mol. The molecule has 1 saturated heterocycles. The van der Waals surface area contributed by atoms with Gasteiger partial charge in [0.1, 0.15) is 11.9 Å². The van der Waals surface area contributed by atoms with Crippen molar-refractivity contribution in [3.05, 3.63) is 35.1 Å². The van der Waals surface area contributed by atoms with Gasteiger partial charge in [0.25, 0.3) is 5.91 Å². The van der Waals surface area contributed by atoms with E-state index in [1.54, 1.807) is 6.92 Å². The summed E-state index contributed by atoms with van der Waals surface area (Å²) in [6.07, 6.45) is 0.670. The third-order valence-corrected chi connectivity index (χ3v) is 3.63. The molecular weight excluding hydrogens is 249 g/mol. The number of carboxylic acid groups (broad SMARTS) is 1. The Kier molecular flexibility index (Phi) is 3.55. The first kappa shape index (κ1) is 13.5. The van der Waals surface area contributed by atoms with Gasteiger partial charge in [0.05, 0.1) is 0 Å². The van der Waals surface area contributed by atoms with Gasteiger partial charge in [-0.15, -0.1) is 0 Å². The minimum Gasteiger partial charge on any atom is -0.480 e. The number of amides is 1. The van der Waals surface area contributed by atoms with Crippen LogP contribution in [0.3, 0.4) is 0 Å². The molecule has 1 aliphatic heterocycles. The predicted octanol–water partition coefficient (Wildman–Crippen LogP) is 2.07. The Balaban J connectivity index is 2.31. The number of carbonyl (C=O) groups excluding carboxylic acids is 1. The van der Waals surface area contributed by atoms with Crippen LogP contribution in [0.25, 0.3) is 0 Å². The number of hydrogen-bond acceptors (Lipinski definition) is 2. The number of carboxylic acids is 1. The summed E-state index contributed by atoms with van der Waals surface area (Å²) in [5, 5.41) is 9.21. The molecule has 4 nitrogen and oxygen atoms in total. The van der Waals surface area contributed by atoms with Crippen LogP contribution in [0, 0.1) is 18.7 Å². The van der Waals surface area contributed by atoms with Crippen molar-refractivity contribution in [1.29, 1.82) is 0 Å².